The fraction of sp³-hybridized carbons (Fsp3) is 0.294. The highest BCUT2D eigenvalue weighted by atomic mass is 19.4. The fourth-order valence-corrected chi connectivity index (χ4v) is 5.51. The van der Waals surface area contributed by atoms with Gasteiger partial charge in [0.1, 0.15) is 5.75 Å². The summed E-state index contributed by atoms with van der Waals surface area (Å²) in [6.45, 7) is 4.40. The molecule has 3 aromatic carbocycles. The quantitative estimate of drug-likeness (QED) is 0.112. The van der Waals surface area contributed by atoms with E-state index in [1.807, 2.05) is 0 Å². The van der Waals surface area contributed by atoms with E-state index in [1.165, 1.54) is 19.4 Å². The predicted octanol–water partition coefficient (Wildman–Crippen LogP) is 7.15. The average Bonchev–Trinajstić information content (AvgIpc) is 3.58. The molecule has 11 nitrogen and oxygen atoms in total. The normalized spacial score (nSPS) is 14.0. The third-order valence-electron chi connectivity index (χ3n) is 7.97. The van der Waals surface area contributed by atoms with Crippen LogP contribution in [0.1, 0.15) is 28.2 Å². The summed E-state index contributed by atoms with van der Waals surface area (Å²) in [5.41, 5.74) is -5.46. The van der Waals surface area contributed by atoms with Crippen LogP contribution in [-0.2, 0) is 17.1 Å². The summed E-state index contributed by atoms with van der Waals surface area (Å²) in [5, 5.41) is 8.97. The van der Waals surface area contributed by atoms with Crippen LogP contribution < -0.4 is 19.5 Å². The van der Waals surface area contributed by atoms with Gasteiger partial charge in [0.25, 0.3) is 5.91 Å². The molecule has 1 N–H and O–H groups in total. The Morgan fingerprint density at radius 2 is 1.69 bits per heavy atom. The number of hydrogen-bond acceptors (Lipinski definition) is 9. The van der Waals surface area contributed by atoms with Crippen LogP contribution in [0.25, 0.3) is 16.6 Å². The van der Waals surface area contributed by atoms with Crippen molar-refractivity contribution in [2.75, 3.05) is 51.9 Å². The summed E-state index contributed by atoms with van der Waals surface area (Å²) in [7, 11) is 1.46. The highest BCUT2D eigenvalue weighted by molar-refractivity contribution is 6.03. The number of pyridine rings is 1. The van der Waals surface area contributed by atoms with E-state index in [2.05, 4.69) is 25.5 Å². The van der Waals surface area contributed by atoms with E-state index in [-0.39, 0.29) is 21.9 Å². The Balaban J connectivity index is 1.18. The molecule has 5 aromatic rings. The summed E-state index contributed by atoms with van der Waals surface area (Å²) < 4.78 is 121. The van der Waals surface area contributed by atoms with Crippen molar-refractivity contribution in [3.05, 3.63) is 89.6 Å². The minimum atomic E-state index is -5.36. The van der Waals surface area contributed by atoms with E-state index in [4.69, 9.17) is 18.9 Å². The number of ether oxygens (including phenoxy) is 4. The average molecular weight is 735 g/mol. The second-order valence-electron chi connectivity index (χ2n) is 11.4. The number of rotatable bonds is 11. The molecule has 0 atom stereocenters. The van der Waals surface area contributed by atoms with E-state index in [0.717, 1.165) is 62.5 Å². The highest BCUT2D eigenvalue weighted by Gasteiger charge is 2.44. The van der Waals surface area contributed by atoms with E-state index in [1.54, 1.807) is 12.1 Å². The van der Waals surface area contributed by atoms with Gasteiger partial charge in [0.15, 0.2) is 34.5 Å². The first-order valence-corrected chi connectivity index (χ1v) is 15.7. The third-order valence-corrected chi connectivity index (χ3v) is 7.97. The highest BCUT2D eigenvalue weighted by Crippen LogP contribution is 2.40. The molecule has 0 bridgehead atoms. The summed E-state index contributed by atoms with van der Waals surface area (Å²) in [4.78, 5) is 19.6. The van der Waals surface area contributed by atoms with Crippen molar-refractivity contribution >= 4 is 22.5 Å². The zero-order valence-corrected chi connectivity index (χ0v) is 27.2. The van der Waals surface area contributed by atoms with Crippen molar-refractivity contribution in [3.8, 4) is 28.7 Å². The molecule has 274 valence electrons. The lowest BCUT2D eigenvalue weighted by molar-refractivity contribution is -0.145. The van der Waals surface area contributed by atoms with Crippen LogP contribution in [0, 0.1) is 5.82 Å². The number of methoxy groups -OCH3 is 1. The number of fused-ring (bicyclic) bond motifs is 1. The van der Waals surface area contributed by atoms with Gasteiger partial charge in [0, 0.05) is 49.0 Å². The molecule has 18 heteroatoms. The lowest BCUT2D eigenvalue weighted by Gasteiger charge is -2.26. The van der Waals surface area contributed by atoms with Gasteiger partial charge in [-0.1, -0.05) is 17.3 Å². The molecule has 0 aliphatic carbocycles. The van der Waals surface area contributed by atoms with Gasteiger partial charge in [-0.25, -0.2) is 9.07 Å². The van der Waals surface area contributed by atoms with Gasteiger partial charge >= 0.3 is 12.4 Å². The maximum atomic E-state index is 15.3. The number of aromatic nitrogens is 4. The van der Waals surface area contributed by atoms with Crippen LogP contribution >= 0.6 is 0 Å². The number of morpholine rings is 1. The van der Waals surface area contributed by atoms with E-state index in [9.17, 15) is 31.1 Å². The van der Waals surface area contributed by atoms with Crippen LogP contribution in [0.2, 0.25) is 0 Å². The Morgan fingerprint density at radius 1 is 0.923 bits per heavy atom. The number of para-hydroxylation sites is 1. The van der Waals surface area contributed by atoms with Crippen molar-refractivity contribution in [1.29, 1.82) is 0 Å². The number of nitrogens with zero attached hydrogens (tertiary/aromatic N) is 5. The molecule has 52 heavy (non-hydrogen) atoms. The monoisotopic (exact) mass is 734 g/mol. The van der Waals surface area contributed by atoms with Gasteiger partial charge in [-0.05, 0) is 42.8 Å². The maximum Gasteiger partial charge on any atom is 0.435 e. The Kier molecular flexibility index (Phi) is 10.5. The molecule has 0 radical (unpaired) electrons. The summed E-state index contributed by atoms with van der Waals surface area (Å²) in [6.07, 6.45) is -8.18. The van der Waals surface area contributed by atoms with Crippen LogP contribution in [0.4, 0.5) is 36.4 Å². The lowest BCUT2D eigenvalue weighted by atomic mass is 10.1. The SMILES string of the molecule is COc1cc2c(Oc3ccc(NC(=O)c4nnn(-c5ccccc5C(F)(F)F)c4C(F)(F)F)cc3F)ccnc2cc1OCCCN1CCOCC1. The first-order valence-electron chi connectivity index (χ1n) is 15.7. The molecule has 0 spiro atoms. The largest absolute Gasteiger partial charge is 0.493 e. The fourth-order valence-electron chi connectivity index (χ4n) is 5.51. The number of alkyl halides is 6. The van der Waals surface area contributed by atoms with Crippen LogP contribution in [0.5, 0.6) is 23.0 Å². The van der Waals surface area contributed by atoms with Crippen molar-refractivity contribution < 1.29 is 54.5 Å². The molecular formula is C34H29F7N6O5. The molecule has 2 aromatic heterocycles. The number of halogens is 7. The Bertz CT molecular complexity index is 2070. The first kappa shape index (κ1) is 36.3. The number of nitrogens with one attached hydrogen (secondary N) is 1. The molecule has 1 aliphatic heterocycles. The van der Waals surface area contributed by atoms with Crippen molar-refractivity contribution in [2.45, 2.75) is 18.8 Å². The minimum Gasteiger partial charge on any atom is -0.493 e. The lowest BCUT2D eigenvalue weighted by Crippen LogP contribution is -2.37. The zero-order chi connectivity index (χ0) is 37.0. The van der Waals surface area contributed by atoms with Crippen molar-refractivity contribution in [2.24, 2.45) is 0 Å². The van der Waals surface area contributed by atoms with Crippen LogP contribution in [0.15, 0.2) is 66.9 Å². The number of carbonyl (C=O) groups is 1. The van der Waals surface area contributed by atoms with Gasteiger partial charge in [-0.2, -0.15) is 26.3 Å². The summed E-state index contributed by atoms with van der Waals surface area (Å²) >= 11 is 0. The van der Waals surface area contributed by atoms with Gasteiger partial charge < -0.3 is 24.3 Å². The molecule has 3 heterocycles. The minimum absolute atomic E-state index is 0.106. The molecule has 6 rings (SSSR count). The molecule has 1 fully saturated rings. The summed E-state index contributed by atoms with van der Waals surface area (Å²) in [6, 6.07) is 11.2. The Labute approximate surface area is 290 Å². The maximum absolute atomic E-state index is 15.3. The molecule has 0 unspecified atom stereocenters. The van der Waals surface area contributed by atoms with Crippen LogP contribution in [0.3, 0.4) is 0 Å². The van der Waals surface area contributed by atoms with Gasteiger partial charge in [-0.3, -0.25) is 14.7 Å². The number of amides is 1. The topological polar surface area (TPSA) is 113 Å². The number of benzene rings is 3. The van der Waals surface area contributed by atoms with Crippen molar-refractivity contribution in [1.82, 2.24) is 24.9 Å². The van der Waals surface area contributed by atoms with Crippen molar-refractivity contribution in [3.63, 3.8) is 0 Å². The number of hydrogen-bond donors (Lipinski definition) is 1. The second kappa shape index (κ2) is 15.0. The summed E-state index contributed by atoms with van der Waals surface area (Å²) in [5.74, 6) is -1.79. The number of carbonyl (C=O) groups excluding carboxylic acids is 1. The predicted molar refractivity (Wildman–Crippen MR) is 171 cm³/mol. The number of anilines is 1. The van der Waals surface area contributed by atoms with Gasteiger partial charge in [0.05, 0.1) is 43.7 Å². The second-order valence-corrected chi connectivity index (χ2v) is 11.4. The molecule has 1 saturated heterocycles. The van der Waals surface area contributed by atoms with E-state index < -0.39 is 46.7 Å². The molecule has 1 amide bonds. The van der Waals surface area contributed by atoms with Crippen LogP contribution in [-0.4, -0.2) is 77.3 Å². The standard InChI is InChI=1S/C34H29F7N6O5/c1-49-28-18-21-24(19-29(28)51-14-4-11-46-12-15-50-16-13-46)42-10-9-26(21)52-27-8-7-20(17-23(27)35)43-32(48)30-31(34(39,40)41)47(45-44-30)25-6-3-2-5-22(25)33(36,37)38/h2-3,5-10,17-19H,4,11-16H2,1H3,(H,43,48). The smallest absolute Gasteiger partial charge is 0.435 e. The molecular weight excluding hydrogens is 705 g/mol. The third kappa shape index (κ3) is 8.02. The van der Waals surface area contributed by atoms with Gasteiger partial charge in [0.2, 0.25) is 0 Å². The van der Waals surface area contributed by atoms with E-state index in [0.29, 0.717) is 48.3 Å². The zero-order valence-electron chi connectivity index (χ0n) is 27.2. The van der Waals surface area contributed by atoms with E-state index >= 15 is 4.39 Å². The van der Waals surface area contributed by atoms with Gasteiger partial charge in [-0.15, -0.1) is 5.10 Å². The first-order chi connectivity index (χ1) is 24.8. The molecule has 1 aliphatic rings. The Morgan fingerprint density at radius 3 is 2.40 bits per heavy atom. The molecule has 0 saturated carbocycles. The Hall–Kier alpha value is -5.49.